The van der Waals surface area contributed by atoms with Gasteiger partial charge < -0.3 is 14.4 Å². The van der Waals surface area contributed by atoms with E-state index in [0.717, 1.165) is 47.6 Å². The van der Waals surface area contributed by atoms with E-state index >= 15 is 0 Å². The first-order valence-electron chi connectivity index (χ1n) is 10.3. The highest BCUT2D eigenvalue weighted by Crippen LogP contribution is 2.53. The van der Waals surface area contributed by atoms with E-state index in [0.29, 0.717) is 24.6 Å². The van der Waals surface area contributed by atoms with Crippen LogP contribution in [0.15, 0.2) is 53.4 Å². The summed E-state index contributed by atoms with van der Waals surface area (Å²) in [6.45, 7) is 0.749. The van der Waals surface area contributed by atoms with Crippen molar-refractivity contribution >= 4 is 16.7 Å². The maximum atomic E-state index is 13.1. The molecule has 2 aromatic carbocycles. The number of hydrogen-bond acceptors (Lipinski definition) is 4. The maximum absolute atomic E-state index is 13.1. The molecule has 3 aliphatic rings. The lowest BCUT2D eigenvalue weighted by Gasteiger charge is -2.46. The van der Waals surface area contributed by atoms with Gasteiger partial charge in [0.2, 0.25) is 12.7 Å². The number of carbonyl (C=O) groups excluding carboxylic acids is 1. The molecule has 0 bridgehead atoms. The summed E-state index contributed by atoms with van der Waals surface area (Å²) in [5.41, 5.74) is 0.805. The molecular weight excluding hydrogens is 386 g/mol. The molecule has 2 fully saturated rings. The number of nitrogens with zero attached hydrogens (tertiary/aromatic N) is 1. The largest absolute Gasteiger partial charge is 0.454 e. The lowest BCUT2D eigenvalue weighted by molar-refractivity contribution is -0.131. The number of fused-ring (bicyclic) bond motifs is 2. The predicted octanol–water partition coefficient (Wildman–Crippen LogP) is 3.84. The van der Waals surface area contributed by atoms with E-state index in [9.17, 15) is 9.00 Å². The van der Waals surface area contributed by atoms with Crippen molar-refractivity contribution in [3.8, 4) is 11.5 Å². The summed E-state index contributed by atoms with van der Waals surface area (Å²) in [7, 11) is -1.12. The van der Waals surface area contributed by atoms with Gasteiger partial charge in [-0.15, -0.1) is 0 Å². The van der Waals surface area contributed by atoms with Crippen LogP contribution in [-0.2, 0) is 21.1 Å². The van der Waals surface area contributed by atoms with Crippen LogP contribution in [0.5, 0.6) is 11.5 Å². The molecule has 1 saturated carbocycles. The summed E-state index contributed by atoms with van der Waals surface area (Å²) in [6, 6.07) is 15.6. The van der Waals surface area contributed by atoms with E-state index in [1.165, 1.54) is 0 Å². The summed E-state index contributed by atoms with van der Waals surface area (Å²) in [5.74, 6) is 2.45. The standard InChI is InChI=1S/C23H25NO4S/c25-22-15-17-6-4-5-11-23(17,18-9-10-20-21(14-18)28-16-27-20)24(22)12-13-29(26)19-7-2-1-3-8-19/h1-3,7-10,14,17H,4-6,11-13,15-16H2/t17-,23+,29?/m1/s1. The number of carbonyl (C=O) groups is 1. The van der Waals surface area contributed by atoms with Crippen LogP contribution >= 0.6 is 0 Å². The fraction of sp³-hybridized carbons (Fsp3) is 0.435. The zero-order chi connectivity index (χ0) is 19.8. The molecule has 29 heavy (non-hydrogen) atoms. The van der Waals surface area contributed by atoms with Crippen LogP contribution in [0.25, 0.3) is 0 Å². The number of amides is 1. The minimum Gasteiger partial charge on any atom is -0.454 e. The Bertz CT molecular complexity index is 947. The number of rotatable bonds is 5. The van der Waals surface area contributed by atoms with Crippen LogP contribution in [0, 0.1) is 5.92 Å². The van der Waals surface area contributed by atoms with E-state index in [2.05, 4.69) is 12.1 Å². The van der Waals surface area contributed by atoms with Crippen molar-refractivity contribution in [3.05, 3.63) is 54.1 Å². The first kappa shape index (κ1) is 18.7. The van der Waals surface area contributed by atoms with Crippen molar-refractivity contribution < 1.29 is 18.5 Å². The summed E-state index contributed by atoms with van der Waals surface area (Å²) < 4.78 is 23.9. The van der Waals surface area contributed by atoms with Crippen LogP contribution in [0.2, 0.25) is 0 Å². The van der Waals surface area contributed by atoms with Crippen molar-refractivity contribution in [2.45, 2.75) is 42.5 Å². The van der Waals surface area contributed by atoms with E-state index in [1.54, 1.807) is 0 Å². The molecule has 0 N–H and O–H groups in total. The van der Waals surface area contributed by atoms with Gasteiger partial charge in [0.15, 0.2) is 11.5 Å². The molecule has 0 spiro atoms. The predicted molar refractivity (Wildman–Crippen MR) is 110 cm³/mol. The normalized spacial score (nSPS) is 26.4. The van der Waals surface area contributed by atoms with Gasteiger partial charge in [0.1, 0.15) is 0 Å². The topological polar surface area (TPSA) is 55.8 Å². The van der Waals surface area contributed by atoms with Gasteiger partial charge in [0.25, 0.3) is 0 Å². The van der Waals surface area contributed by atoms with E-state index in [1.807, 2.05) is 41.3 Å². The SMILES string of the molecule is O=C1C[C@H]2CCCC[C@]2(c2ccc3c(c2)OCO3)N1CCS(=O)c1ccccc1. The minimum atomic E-state index is -1.12. The first-order chi connectivity index (χ1) is 14.2. The smallest absolute Gasteiger partial charge is 0.231 e. The number of likely N-dealkylation sites (tertiary alicyclic amines) is 1. The zero-order valence-electron chi connectivity index (χ0n) is 16.3. The molecule has 5 rings (SSSR count). The zero-order valence-corrected chi connectivity index (χ0v) is 17.2. The molecule has 2 aliphatic heterocycles. The second-order valence-electron chi connectivity index (χ2n) is 8.05. The van der Waals surface area contributed by atoms with Crippen molar-refractivity contribution in [2.75, 3.05) is 19.1 Å². The van der Waals surface area contributed by atoms with Gasteiger partial charge in [0, 0.05) is 23.6 Å². The van der Waals surface area contributed by atoms with Gasteiger partial charge in [-0.1, -0.05) is 37.1 Å². The molecule has 0 aromatic heterocycles. The molecule has 1 aliphatic carbocycles. The fourth-order valence-corrected chi connectivity index (χ4v) is 6.33. The number of hydrogen-bond donors (Lipinski definition) is 0. The van der Waals surface area contributed by atoms with E-state index < -0.39 is 10.8 Å². The van der Waals surface area contributed by atoms with Crippen molar-refractivity contribution in [1.82, 2.24) is 4.90 Å². The Morgan fingerprint density at radius 2 is 1.90 bits per heavy atom. The van der Waals surface area contributed by atoms with Crippen molar-refractivity contribution in [3.63, 3.8) is 0 Å². The Hall–Kier alpha value is -2.34. The highest BCUT2D eigenvalue weighted by Gasteiger charge is 2.54. The second kappa shape index (κ2) is 7.48. The van der Waals surface area contributed by atoms with E-state index in [-0.39, 0.29) is 18.2 Å². The average Bonchev–Trinajstić information content (AvgIpc) is 3.34. The number of ether oxygens (including phenoxy) is 2. The lowest BCUT2D eigenvalue weighted by atomic mass is 9.69. The van der Waals surface area contributed by atoms with Crippen LogP contribution in [0.1, 0.15) is 37.7 Å². The molecule has 0 radical (unpaired) electrons. The third-order valence-electron chi connectivity index (χ3n) is 6.62. The van der Waals surface area contributed by atoms with Gasteiger partial charge in [-0.25, -0.2) is 0 Å². The third kappa shape index (κ3) is 3.14. The highest BCUT2D eigenvalue weighted by molar-refractivity contribution is 7.85. The summed E-state index contributed by atoms with van der Waals surface area (Å²) in [6.07, 6.45) is 4.83. The van der Waals surface area contributed by atoms with Gasteiger partial charge in [-0.3, -0.25) is 9.00 Å². The molecule has 1 saturated heterocycles. The Balaban J connectivity index is 1.46. The van der Waals surface area contributed by atoms with Crippen LogP contribution in [0.4, 0.5) is 0 Å². The molecule has 1 unspecified atom stereocenters. The van der Waals surface area contributed by atoms with Gasteiger partial charge in [-0.2, -0.15) is 0 Å². The monoisotopic (exact) mass is 411 g/mol. The molecule has 5 nitrogen and oxygen atoms in total. The Morgan fingerprint density at radius 3 is 2.76 bits per heavy atom. The molecular formula is C23H25NO4S. The summed E-state index contributed by atoms with van der Waals surface area (Å²) >= 11 is 0. The quantitative estimate of drug-likeness (QED) is 0.750. The molecule has 2 aromatic rings. The molecule has 6 heteroatoms. The van der Waals surface area contributed by atoms with Crippen LogP contribution in [0.3, 0.4) is 0 Å². The fourth-order valence-electron chi connectivity index (χ4n) is 5.29. The lowest BCUT2D eigenvalue weighted by Crippen LogP contribution is -2.49. The van der Waals surface area contributed by atoms with Crippen molar-refractivity contribution in [2.24, 2.45) is 5.92 Å². The molecule has 152 valence electrons. The summed E-state index contributed by atoms with van der Waals surface area (Å²) in [4.78, 5) is 15.9. The second-order valence-corrected chi connectivity index (χ2v) is 9.62. The van der Waals surface area contributed by atoms with Crippen molar-refractivity contribution in [1.29, 1.82) is 0 Å². The Morgan fingerprint density at radius 1 is 1.07 bits per heavy atom. The number of benzene rings is 2. The highest BCUT2D eigenvalue weighted by atomic mass is 32.2. The first-order valence-corrected chi connectivity index (χ1v) is 11.6. The van der Waals surface area contributed by atoms with Gasteiger partial charge in [-0.05, 0) is 48.6 Å². The Labute approximate surface area is 173 Å². The van der Waals surface area contributed by atoms with Crippen LogP contribution < -0.4 is 9.47 Å². The average molecular weight is 412 g/mol. The maximum Gasteiger partial charge on any atom is 0.231 e. The van der Waals surface area contributed by atoms with Gasteiger partial charge in [0.05, 0.1) is 16.3 Å². The molecule has 2 heterocycles. The minimum absolute atomic E-state index is 0.180. The Kier molecular flexibility index (Phi) is 4.82. The third-order valence-corrected chi connectivity index (χ3v) is 7.97. The molecule has 3 atom stereocenters. The van der Waals surface area contributed by atoms with Crippen LogP contribution in [-0.4, -0.2) is 34.1 Å². The van der Waals surface area contributed by atoms with E-state index in [4.69, 9.17) is 9.47 Å². The molecule has 1 amide bonds. The summed E-state index contributed by atoms with van der Waals surface area (Å²) in [5, 5.41) is 0. The van der Waals surface area contributed by atoms with Gasteiger partial charge >= 0.3 is 0 Å².